The van der Waals surface area contributed by atoms with Gasteiger partial charge >= 0.3 is 0 Å². The van der Waals surface area contributed by atoms with Gasteiger partial charge in [0.15, 0.2) is 5.11 Å². The van der Waals surface area contributed by atoms with E-state index in [1.165, 1.54) is 11.6 Å². The quantitative estimate of drug-likeness (QED) is 0.570. The Kier molecular flexibility index (Phi) is 5.34. The van der Waals surface area contributed by atoms with Crippen LogP contribution in [0.3, 0.4) is 0 Å². The van der Waals surface area contributed by atoms with E-state index in [2.05, 4.69) is 35.6 Å². The molecule has 0 saturated heterocycles. The summed E-state index contributed by atoms with van der Waals surface area (Å²) in [5.74, 6) is 0.0289. The maximum atomic E-state index is 10.4. The molecule has 2 aromatic carbocycles. The van der Waals surface area contributed by atoms with Crippen molar-refractivity contribution in [3.05, 3.63) is 59.8 Å². The smallest absolute Gasteiger partial charge is 0.177 e. The second-order valence-corrected chi connectivity index (χ2v) is 7.20. The SMILES string of the molecule is C=C(c1cc(CC)c(O)cc1O)N(C(=S)NC)c1ccc2c(c1)c(C)cn2C. The molecule has 5 nitrogen and oxygen atoms in total. The maximum Gasteiger partial charge on any atom is 0.177 e. The fourth-order valence-electron chi connectivity index (χ4n) is 3.48. The van der Waals surface area contributed by atoms with E-state index in [-0.39, 0.29) is 11.5 Å². The topological polar surface area (TPSA) is 60.7 Å². The van der Waals surface area contributed by atoms with Crippen LogP contribution >= 0.6 is 12.2 Å². The van der Waals surface area contributed by atoms with Gasteiger partial charge in [0.05, 0.1) is 5.70 Å². The molecule has 0 spiro atoms. The van der Waals surface area contributed by atoms with Crippen LogP contribution in [-0.4, -0.2) is 26.9 Å². The summed E-state index contributed by atoms with van der Waals surface area (Å²) < 4.78 is 2.09. The highest BCUT2D eigenvalue weighted by Crippen LogP contribution is 2.36. The average Bonchev–Trinajstić information content (AvgIpc) is 2.95. The summed E-state index contributed by atoms with van der Waals surface area (Å²) in [4.78, 5) is 1.80. The first-order valence-electron chi connectivity index (χ1n) is 9.10. The number of benzene rings is 2. The molecule has 3 rings (SSSR count). The fourth-order valence-corrected chi connectivity index (χ4v) is 3.70. The largest absolute Gasteiger partial charge is 0.508 e. The van der Waals surface area contributed by atoms with Crippen LogP contribution in [0.15, 0.2) is 43.1 Å². The predicted molar refractivity (Wildman–Crippen MR) is 120 cm³/mol. The molecule has 1 aromatic heterocycles. The summed E-state index contributed by atoms with van der Waals surface area (Å²) in [6.45, 7) is 8.21. The Labute approximate surface area is 170 Å². The molecule has 3 N–H and O–H groups in total. The van der Waals surface area contributed by atoms with Crippen LogP contribution in [-0.2, 0) is 13.5 Å². The molecule has 0 unspecified atom stereocenters. The van der Waals surface area contributed by atoms with Crippen molar-refractivity contribution < 1.29 is 10.2 Å². The maximum absolute atomic E-state index is 10.4. The third-order valence-electron chi connectivity index (χ3n) is 5.01. The van der Waals surface area contributed by atoms with Gasteiger partial charge in [0.25, 0.3) is 0 Å². The van der Waals surface area contributed by atoms with Gasteiger partial charge in [-0.05, 0) is 61.0 Å². The summed E-state index contributed by atoms with van der Waals surface area (Å²) in [5.41, 5.74) is 4.93. The Bertz CT molecular complexity index is 1090. The lowest BCUT2D eigenvalue weighted by molar-refractivity contribution is 0.445. The van der Waals surface area contributed by atoms with Gasteiger partial charge in [-0.3, -0.25) is 4.90 Å². The molecule has 0 aliphatic carbocycles. The number of aromatic hydroxyl groups is 2. The van der Waals surface area contributed by atoms with Crippen molar-refractivity contribution in [2.75, 3.05) is 11.9 Å². The van der Waals surface area contributed by atoms with Crippen LogP contribution in [0.25, 0.3) is 16.6 Å². The third-order valence-corrected chi connectivity index (χ3v) is 5.39. The van der Waals surface area contributed by atoms with E-state index in [4.69, 9.17) is 12.2 Å². The van der Waals surface area contributed by atoms with Crippen molar-refractivity contribution in [1.29, 1.82) is 0 Å². The lowest BCUT2D eigenvalue weighted by atomic mass is 10.0. The number of thiocarbonyl (C=S) groups is 1. The van der Waals surface area contributed by atoms with E-state index in [0.29, 0.717) is 22.8 Å². The Morgan fingerprint density at radius 1 is 1.21 bits per heavy atom. The van der Waals surface area contributed by atoms with Crippen LogP contribution in [0.2, 0.25) is 0 Å². The second-order valence-electron chi connectivity index (χ2n) is 6.81. The number of fused-ring (bicyclic) bond motifs is 1. The standard InChI is InChI=1S/C22H25N3O2S/c1-6-15-9-18(21(27)11-20(15)26)14(3)25(22(28)23-4)16-7-8-19-17(10-16)13(2)12-24(19)5/h7-12,26-27H,3,6H2,1-2,4-5H3,(H,23,28). The van der Waals surface area contributed by atoms with Gasteiger partial charge in [0.2, 0.25) is 0 Å². The molecular formula is C22H25N3O2S. The number of hydrogen-bond donors (Lipinski definition) is 3. The Hall–Kier alpha value is -2.99. The lowest BCUT2D eigenvalue weighted by Gasteiger charge is -2.28. The number of phenolic OH excluding ortho intramolecular Hbond substituents is 2. The van der Waals surface area contributed by atoms with Crippen molar-refractivity contribution in [2.45, 2.75) is 20.3 Å². The number of aromatic nitrogens is 1. The van der Waals surface area contributed by atoms with Crippen molar-refractivity contribution in [1.82, 2.24) is 9.88 Å². The summed E-state index contributed by atoms with van der Waals surface area (Å²) in [6, 6.07) is 9.20. The highest BCUT2D eigenvalue weighted by Gasteiger charge is 2.21. The lowest BCUT2D eigenvalue weighted by Crippen LogP contribution is -2.36. The van der Waals surface area contributed by atoms with E-state index in [1.54, 1.807) is 18.0 Å². The number of anilines is 1. The molecule has 6 heteroatoms. The van der Waals surface area contributed by atoms with E-state index in [0.717, 1.165) is 22.2 Å². The van der Waals surface area contributed by atoms with Gasteiger partial charge < -0.3 is 20.1 Å². The molecule has 28 heavy (non-hydrogen) atoms. The van der Waals surface area contributed by atoms with Crippen LogP contribution in [0, 0.1) is 6.92 Å². The van der Waals surface area contributed by atoms with Crippen molar-refractivity contribution >= 4 is 39.6 Å². The Morgan fingerprint density at radius 2 is 1.93 bits per heavy atom. The summed E-state index contributed by atoms with van der Waals surface area (Å²) in [6.07, 6.45) is 2.72. The number of nitrogens with one attached hydrogen (secondary N) is 1. The van der Waals surface area contributed by atoms with Gasteiger partial charge in [-0.2, -0.15) is 0 Å². The van der Waals surface area contributed by atoms with E-state index in [1.807, 2.05) is 26.1 Å². The monoisotopic (exact) mass is 395 g/mol. The first kappa shape index (κ1) is 19.8. The number of hydrogen-bond acceptors (Lipinski definition) is 3. The van der Waals surface area contributed by atoms with Crippen molar-refractivity contribution in [2.24, 2.45) is 7.05 Å². The number of phenols is 2. The third kappa shape index (κ3) is 3.31. The summed E-state index contributed by atoms with van der Waals surface area (Å²) in [5, 5.41) is 25.0. The number of nitrogens with zero attached hydrogens (tertiary/aromatic N) is 2. The molecule has 0 atom stereocenters. The molecule has 3 aromatic rings. The summed E-state index contributed by atoms with van der Waals surface area (Å²) in [7, 11) is 3.77. The molecule has 0 aliphatic heterocycles. The van der Waals surface area contributed by atoms with E-state index >= 15 is 0 Å². The highest BCUT2D eigenvalue weighted by molar-refractivity contribution is 7.80. The molecule has 0 amide bonds. The molecule has 146 valence electrons. The van der Waals surface area contributed by atoms with E-state index in [9.17, 15) is 10.2 Å². The first-order chi connectivity index (χ1) is 13.3. The van der Waals surface area contributed by atoms with Gasteiger partial charge in [0, 0.05) is 48.5 Å². The van der Waals surface area contributed by atoms with Crippen molar-refractivity contribution in [3.8, 4) is 11.5 Å². The van der Waals surface area contributed by atoms with Crippen LogP contribution in [0.4, 0.5) is 5.69 Å². The van der Waals surface area contributed by atoms with Crippen LogP contribution in [0.1, 0.15) is 23.6 Å². The average molecular weight is 396 g/mol. The number of aryl methyl sites for hydroxylation is 3. The minimum Gasteiger partial charge on any atom is -0.508 e. The zero-order valence-corrected chi connectivity index (χ0v) is 17.4. The van der Waals surface area contributed by atoms with Crippen LogP contribution in [0.5, 0.6) is 11.5 Å². The normalized spacial score (nSPS) is 10.9. The minimum absolute atomic E-state index is 0.0411. The zero-order chi connectivity index (χ0) is 20.6. The van der Waals surface area contributed by atoms with Crippen LogP contribution < -0.4 is 10.2 Å². The predicted octanol–water partition coefficient (Wildman–Crippen LogP) is 4.44. The van der Waals surface area contributed by atoms with Gasteiger partial charge in [-0.1, -0.05) is 13.5 Å². The molecule has 0 saturated carbocycles. The number of rotatable bonds is 4. The Morgan fingerprint density at radius 3 is 2.57 bits per heavy atom. The second kappa shape index (κ2) is 7.56. The summed E-state index contributed by atoms with van der Waals surface area (Å²) >= 11 is 5.54. The molecular weight excluding hydrogens is 370 g/mol. The Balaban J connectivity index is 2.15. The van der Waals surface area contributed by atoms with Gasteiger partial charge in [-0.15, -0.1) is 0 Å². The highest BCUT2D eigenvalue weighted by atomic mass is 32.1. The molecule has 0 aliphatic rings. The molecule has 0 radical (unpaired) electrons. The van der Waals surface area contributed by atoms with Gasteiger partial charge in [-0.25, -0.2) is 0 Å². The molecule has 1 heterocycles. The van der Waals surface area contributed by atoms with Crippen molar-refractivity contribution in [3.63, 3.8) is 0 Å². The minimum atomic E-state index is -0.0411. The molecule has 0 fully saturated rings. The van der Waals surface area contributed by atoms with Gasteiger partial charge in [0.1, 0.15) is 11.5 Å². The fraction of sp³-hybridized carbons (Fsp3) is 0.227. The zero-order valence-electron chi connectivity index (χ0n) is 16.6. The first-order valence-corrected chi connectivity index (χ1v) is 9.51. The van der Waals surface area contributed by atoms with E-state index < -0.39 is 0 Å². The molecule has 0 bridgehead atoms.